The summed E-state index contributed by atoms with van der Waals surface area (Å²) in [6.07, 6.45) is 1.76. The van der Waals surface area contributed by atoms with Crippen LogP contribution in [0.3, 0.4) is 0 Å². The van der Waals surface area contributed by atoms with Crippen LogP contribution in [-0.4, -0.2) is 29.8 Å². The number of aliphatic hydroxyl groups is 1. The quantitative estimate of drug-likeness (QED) is 0.830. The third-order valence-electron chi connectivity index (χ3n) is 3.12. The highest BCUT2D eigenvalue weighted by Crippen LogP contribution is 2.31. The number of pyridine rings is 1. The van der Waals surface area contributed by atoms with Gasteiger partial charge in [0.15, 0.2) is 5.82 Å². The molecule has 19 heavy (non-hydrogen) atoms. The van der Waals surface area contributed by atoms with Gasteiger partial charge >= 0.3 is 0 Å². The molecule has 1 aromatic carbocycles. The van der Waals surface area contributed by atoms with E-state index in [1.165, 1.54) is 6.07 Å². The van der Waals surface area contributed by atoms with Crippen molar-refractivity contribution < 1.29 is 9.50 Å². The van der Waals surface area contributed by atoms with E-state index in [2.05, 4.69) is 4.98 Å². The van der Waals surface area contributed by atoms with Crippen molar-refractivity contribution in [1.29, 1.82) is 0 Å². The number of benzene rings is 1. The Bertz CT molecular complexity index is 586. The highest BCUT2D eigenvalue weighted by atomic mass is 19.1. The molecular weight excluding hydrogens is 245 g/mol. The maximum absolute atomic E-state index is 14.1. The molecule has 1 unspecified atom stereocenters. The van der Waals surface area contributed by atoms with Gasteiger partial charge in [0.25, 0.3) is 0 Å². The number of aliphatic hydroxyl groups excluding tert-OH is 1. The zero-order valence-corrected chi connectivity index (χ0v) is 11.1. The van der Waals surface area contributed by atoms with Crippen LogP contribution in [0.2, 0.25) is 0 Å². The van der Waals surface area contributed by atoms with Crippen molar-refractivity contribution in [3.05, 3.63) is 30.2 Å². The molecule has 0 amide bonds. The Morgan fingerprint density at radius 2 is 2.26 bits per heavy atom. The smallest absolute Gasteiger partial charge is 0.150 e. The first kappa shape index (κ1) is 13.5. The summed E-state index contributed by atoms with van der Waals surface area (Å²) in [6.45, 7) is 2.26. The van der Waals surface area contributed by atoms with Gasteiger partial charge in [-0.15, -0.1) is 0 Å². The van der Waals surface area contributed by atoms with Gasteiger partial charge in [0.2, 0.25) is 0 Å². The lowest BCUT2D eigenvalue weighted by molar-refractivity contribution is 0.187. The lowest BCUT2D eigenvalue weighted by atomic mass is 10.1. The fourth-order valence-electron chi connectivity index (χ4n) is 2.08. The highest BCUT2D eigenvalue weighted by Gasteiger charge is 2.15. The van der Waals surface area contributed by atoms with Crippen LogP contribution in [0.15, 0.2) is 24.4 Å². The number of hydrogen-bond donors (Lipinski definition) is 2. The summed E-state index contributed by atoms with van der Waals surface area (Å²) in [6, 6.07) is 4.91. The van der Waals surface area contributed by atoms with E-state index in [-0.39, 0.29) is 0 Å². The lowest BCUT2D eigenvalue weighted by Gasteiger charge is -2.22. The van der Waals surface area contributed by atoms with Crippen molar-refractivity contribution >= 4 is 22.3 Å². The Balaban J connectivity index is 2.47. The van der Waals surface area contributed by atoms with Crippen molar-refractivity contribution in [3.63, 3.8) is 0 Å². The van der Waals surface area contributed by atoms with Crippen molar-refractivity contribution in [3.8, 4) is 0 Å². The molecule has 2 rings (SSSR count). The van der Waals surface area contributed by atoms with Gasteiger partial charge < -0.3 is 15.7 Å². The molecule has 0 fully saturated rings. The standard InChI is InChI=1S/C14H18FN3O/c1-9(19)5-7-18(2)14-11(15)8-12(16)10-4-3-6-17-13(10)14/h3-4,6,8-9,19H,5,7,16H2,1-2H3. The molecule has 3 N–H and O–H groups in total. The van der Waals surface area contributed by atoms with Crippen molar-refractivity contribution in [2.75, 3.05) is 24.2 Å². The van der Waals surface area contributed by atoms with Crippen LogP contribution in [0.1, 0.15) is 13.3 Å². The topological polar surface area (TPSA) is 62.4 Å². The molecule has 0 aliphatic rings. The summed E-state index contributed by atoms with van der Waals surface area (Å²) < 4.78 is 14.1. The lowest BCUT2D eigenvalue weighted by Crippen LogP contribution is -2.23. The molecule has 0 aliphatic carbocycles. The zero-order chi connectivity index (χ0) is 14.0. The molecule has 5 heteroatoms. The Kier molecular flexibility index (Phi) is 3.85. The number of fused-ring (bicyclic) bond motifs is 1. The second kappa shape index (κ2) is 5.40. The van der Waals surface area contributed by atoms with E-state index in [4.69, 9.17) is 5.73 Å². The predicted octanol–water partition coefficient (Wildman–Crippen LogP) is 2.16. The van der Waals surface area contributed by atoms with Gasteiger partial charge in [-0.2, -0.15) is 0 Å². The summed E-state index contributed by atoms with van der Waals surface area (Å²) in [5, 5.41) is 10.1. The minimum Gasteiger partial charge on any atom is -0.398 e. The first-order valence-corrected chi connectivity index (χ1v) is 6.22. The zero-order valence-electron chi connectivity index (χ0n) is 11.1. The summed E-state index contributed by atoms with van der Waals surface area (Å²) in [5.74, 6) is -0.392. The van der Waals surface area contributed by atoms with Gasteiger partial charge in [-0.3, -0.25) is 4.98 Å². The third-order valence-corrected chi connectivity index (χ3v) is 3.12. The molecule has 4 nitrogen and oxygen atoms in total. The summed E-state index contributed by atoms with van der Waals surface area (Å²) in [7, 11) is 1.78. The first-order chi connectivity index (χ1) is 9.00. The van der Waals surface area contributed by atoms with Gasteiger partial charge in [0.05, 0.1) is 17.3 Å². The normalized spacial score (nSPS) is 12.6. The largest absolute Gasteiger partial charge is 0.398 e. The number of hydrogen-bond acceptors (Lipinski definition) is 4. The fourth-order valence-corrected chi connectivity index (χ4v) is 2.08. The molecule has 1 atom stereocenters. The number of nitrogen functional groups attached to an aromatic ring is 1. The Hall–Kier alpha value is -1.88. The monoisotopic (exact) mass is 263 g/mol. The molecule has 0 aliphatic heterocycles. The highest BCUT2D eigenvalue weighted by molar-refractivity contribution is 5.98. The number of rotatable bonds is 4. The second-order valence-corrected chi connectivity index (χ2v) is 4.76. The van der Waals surface area contributed by atoms with E-state index in [0.717, 1.165) is 5.39 Å². The summed E-state index contributed by atoms with van der Waals surface area (Å²) in [4.78, 5) is 5.99. The maximum Gasteiger partial charge on any atom is 0.150 e. The second-order valence-electron chi connectivity index (χ2n) is 4.76. The number of halogens is 1. The number of aromatic nitrogens is 1. The molecule has 1 heterocycles. The molecule has 2 aromatic rings. The molecule has 1 aromatic heterocycles. The first-order valence-electron chi connectivity index (χ1n) is 6.22. The van der Waals surface area contributed by atoms with Crippen LogP contribution >= 0.6 is 0 Å². The van der Waals surface area contributed by atoms with Crippen molar-refractivity contribution in [1.82, 2.24) is 4.98 Å². The van der Waals surface area contributed by atoms with E-state index in [0.29, 0.717) is 29.9 Å². The fraction of sp³-hybridized carbons (Fsp3) is 0.357. The van der Waals surface area contributed by atoms with Crippen LogP contribution in [0.4, 0.5) is 15.8 Å². The van der Waals surface area contributed by atoms with E-state index in [1.54, 1.807) is 31.1 Å². The van der Waals surface area contributed by atoms with Gasteiger partial charge in [0.1, 0.15) is 0 Å². The molecule has 0 saturated carbocycles. The number of nitrogens with zero attached hydrogens (tertiary/aromatic N) is 2. The molecule has 0 spiro atoms. The van der Waals surface area contributed by atoms with E-state index >= 15 is 0 Å². The summed E-state index contributed by atoms with van der Waals surface area (Å²) >= 11 is 0. The molecule has 0 bridgehead atoms. The summed E-state index contributed by atoms with van der Waals surface area (Å²) in [5.41, 5.74) is 7.16. The SMILES string of the molecule is CC(O)CCN(C)c1c(F)cc(N)c2cccnc12. The van der Waals surface area contributed by atoms with Crippen LogP contribution in [0.25, 0.3) is 10.9 Å². The van der Waals surface area contributed by atoms with E-state index in [1.807, 2.05) is 6.07 Å². The average Bonchev–Trinajstić information content (AvgIpc) is 2.36. The third kappa shape index (κ3) is 2.76. The van der Waals surface area contributed by atoms with Crippen molar-refractivity contribution in [2.24, 2.45) is 0 Å². The van der Waals surface area contributed by atoms with Crippen LogP contribution < -0.4 is 10.6 Å². The van der Waals surface area contributed by atoms with Crippen LogP contribution in [-0.2, 0) is 0 Å². The predicted molar refractivity (Wildman–Crippen MR) is 75.7 cm³/mol. The van der Waals surface area contributed by atoms with Gasteiger partial charge in [0, 0.05) is 30.9 Å². The maximum atomic E-state index is 14.1. The average molecular weight is 263 g/mol. The number of anilines is 2. The Morgan fingerprint density at radius 3 is 2.95 bits per heavy atom. The minimum absolute atomic E-state index is 0.383. The van der Waals surface area contributed by atoms with Crippen LogP contribution in [0.5, 0.6) is 0 Å². The Labute approximate surface area is 111 Å². The molecular formula is C14H18FN3O. The number of nitrogens with two attached hydrogens (primary N) is 1. The van der Waals surface area contributed by atoms with Gasteiger partial charge in [-0.05, 0) is 31.5 Å². The van der Waals surface area contributed by atoms with Crippen LogP contribution in [0, 0.1) is 5.82 Å². The molecule has 0 radical (unpaired) electrons. The van der Waals surface area contributed by atoms with Gasteiger partial charge in [-0.25, -0.2) is 4.39 Å². The van der Waals surface area contributed by atoms with E-state index in [9.17, 15) is 9.50 Å². The minimum atomic E-state index is -0.418. The Morgan fingerprint density at radius 1 is 1.53 bits per heavy atom. The van der Waals surface area contributed by atoms with Crippen molar-refractivity contribution in [2.45, 2.75) is 19.4 Å². The molecule has 0 saturated heterocycles. The van der Waals surface area contributed by atoms with E-state index < -0.39 is 11.9 Å². The van der Waals surface area contributed by atoms with Gasteiger partial charge in [-0.1, -0.05) is 0 Å². The molecule has 102 valence electrons.